The molecular formula is C29H40O4. The van der Waals surface area contributed by atoms with Crippen molar-refractivity contribution in [2.75, 3.05) is 6.61 Å². The summed E-state index contributed by atoms with van der Waals surface area (Å²) in [7, 11) is 0. The lowest BCUT2D eigenvalue weighted by atomic mass is 10.1. The van der Waals surface area contributed by atoms with E-state index >= 15 is 0 Å². The van der Waals surface area contributed by atoms with Crippen molar-refractivity contribution in [3.05, 3.63) is 59.7 Å². The molecular weight excluding hydrogens is 412 g/mol. The largest absolute Gasteiger partial charge is 0.508 e. The zero-order chi connectivity index (χ0) is 23.7. The number of carbonyl (C=O) groups is 1. The Balaban J connectivity index is 1.68. The fraction of sp³-hybridized carbons (Fsp3) is 0.483. The molecule has 0 aliphatic rings. The van der Waals surface area contributed by atoms with Crippen molar-refractivity contribution in [3.63, 3.8) is 0 Å². The number of ketones is 1. The normalized spacial score (nSPS) is 11.2. The van der Waals surface area contributed by atoms with Gasteiger partial charge in [0.15, 0.2) is 5.78 Å². The average Bonchev–Trinajstić information content (AvgIpc) is 2.81. The highest BCUT2D eigenvalue weighted by molar-refractivity contribution is 6.10. The highest BCUT2D eigenvalue weighted by atomic mass is 16.5. The number of hydrogen-bond acceptors (Lipinski definition) is 4. The quantitative estimate of drug-likeness (QED) is 0.145. The number of ether oxygens (including phenoxy) is 1. The van der Waals surface area contributed by atoms with Crippen LogP contribution in [0.3, 0.4) is 0 Å². The number of aromatic hydroxyl groups is 2. The van der Waals surface area contributed by atoms with Gasteiger partial charge in [0.25, 0.3) is 0 Å². The maximum Gasteiger partial charge on any atom is 0.193 e. The summed E-state index contributed by atoms with van der Waals surface area (Å²) in [5.74, 6) is 0.194. The number of hydrogen-bond donors (Lipinski definition) is 2. The van der Waals surface area contributed by atoms with E-state index in [0.29, 0.717) is 12.4 Å². The lowest BCUT2D eigenvalue weighted by Crippen LogP contribution is -2.04. The minimum absolute atomic E-state index is 0.0810. The fourth-order valence-electron chi connectivity index (χ4n) is 3.85. The summed E-state index contributed by atoms with van der Waals surface area (Å²) >= 11 is 0. The van der Waals surface area contributed by atoms with Gasteiger partial charge in [0, 0.05) is 0 Å². The first-order chi connectivity index (χ1) is 16.1. The van der Waals surface area contributed by atoms with Crippen molar-refractivity contribution in [1.82, 2.24) is 0 Å². The van der Waals surface area contributed by atoms with Gasteiger partial charge in [0.1, 0.15) is 22.8 Å². The number of phenols is 2. The molecule has 0 aromatic heterocycles. The molecule has 2 N–H and O–H groups in total. The van der Waals surface area contributed by atoms with E-state index in [4.69, 9.17) is 4.74 Å². The number of phenolic OH excluding ortho intramolecular Hbond substituents is 2. The van der Waals surface area contributed by atoms with E-state index in [-0.39, 0.29) is 22.8 Å². The van der Waals surface area contributed by atoms with Gasteiger partial charge in [-0.05, 0) is 42.3 Å². The van der Waals surface area contributed by atoms with Gasteiger partial charge in [0.05, 0.1) is 6.61 Å². The predicted octanol–water partition coefficient (Wildman–Crippen LogP) is 8.07. The van der Waals surface area contributed by atoms with Gasteiger partial charge in [-0.15, -0.1) is 0 Å². The maximum absolute atomic E-state index is 12.7. The zero-order valence-electron chi connectivity index (χ0n) is 20.1. The molecule has 0 aliphatic carbocycles. The van der Waals surface area contributed by atoms with Crippen LogP contribution in [0.25, 0.3) is 6.08 Å². The molecule has 0 radical (unpaired) electrons. The van der Waals surface area contributed by atoms with Gasteiger partial charge in [-0.3, -0.25) is 4.79 Å². The second-order valence-electron chi connectivity index (χ2n) is 8.68. The number of allylic oxidation sites excluding steroid dienone is 1. The van der Waals surface area contributed by atoms with Crippen molar-refractivity contribution < 1.29 is 19.7 Å². The van der Waals surface area contributed by atoms with Gasteiger partial charge >= 0.3 is 0 Å². The molecule has 4 nitrogen and oxygen atoms in total. The van der Waals surface area contributed by atoms with Crippen LogP contribution in [0.4, 0.5) is 0 Å². The first-order valence-electron chi connectivity index (χ1n) is 12.6. The van der Waals surface area contributed by atoms with Gasteiger partial charge in [-0.25, -0.2) is 0 Å². The molecule has 0 saturated heterocycles. The molecule has 0 aliphatic heterocycles. The summed E-state index contributed by atoms with van der Waals surface area (Å²) in [5.41, 5.74) is 0.974. The molecule has 0 atom stereocenters. The number of benzene rings is 2. The summed E-state index contributed by atoms with van der Waals surface area (Å²) in [6.45, 7) is 2.79. The first kappa shape index (κ1) is 26.5. The van der Waals surface area contributed by atoms with Crippen molar-refractivity contribution in [3.8, 4) is 17.2 Å². The van der Waals surface area contributed by atoms with Crippen LogP contribution in [-0.2, 0) is 0 Å². The van der Waals surface area contributed by atoms with Crippen LogP contribution in [0.15, 0.2) is 48.5 Å². The molecule has 0 unspecified atom stereocenters. The summed E-state index contributed by atoms with van der Waals surface area (Å²) < 4.78 is 5.85. The SMILES string of the molecule is CCCCCCCCCCCCCCOc1cccc(O)c1C(=O)C=Cc1ccc(O)cc1. The van der Waals surface area contributed by atoms with Crippen LogP contribution in [0, 0.1) is 0 Å². The van der Waals surface area contributed by atoms with Crippen molar-refractivity contribution >= 4 is 11.9 Å². The zero-order valence-corrected chi connectivity index (χ0v) is 20.1. The molecule has 2 rings (SSSR count). The minimum Gasteiger partial charge on any atom is -0.508 e. The molecule has 0 saturated carbocycles. The highest BCUT2D eigenvalue weighted by Crippen LogP contribution is 2.29. The first-order valence-corrected chi connectivity index (χ1v) is 12.6. The maximum atomic E-state index is 12.7. The van der Waals surface area contributed by atoms with Gasteiger partial charge in [-0.2, -0.15) is 0 Å². The third-order valence-corrected chi connectivity index (χ3v) is 5.83. The second kappa shape index (κ2) is 16.0. The summed E-state index contributed by atoms with van der Waals surface area (Å²) in [6, 6.07) is 11.5. The van der Waals surface area contributed by atoms with Gasteiger partial charge in [0.2, 0.25) is 0 Å². The Labute approximate surface area is 199 Å². The van der Waals surface area contributed by atoms with Crippen molar-refractivity contribution in [2.24, 2.45) is 0 Å². The minimum atomic E-state index is -0.314. The van der Waals surface area contributed by atoms with E-state index in [0.717, 1.165) is 18.4 Å². The Morgan fingerprint density at radius 1 is 0.788 bits per heavy atom. The number of rotatable bonds is 17. The van der Waals surface area contributed by atoms with Crippen molar-refractivity contribution in [2.45, 2.75) is 84.0 Å². The number of unbranched alkanes of at least 4 members (excludes halogenated alkanes) is 11. The number of carbonyl (C=O) groups excluding carboxylic acids is 1. The van der Waals surface area contributed by atoms with Crippen LogP contribution >= 0.6 is 0 Å². The smallest absolute Gasteiger partial charge is 0.193 e. The highest BCUT2D eigenvalue weighted by Gasteiger charge is 2.15. The third-order valence-electron chi connectivity index (χ3n) is 5.83. The van der Waals surface area contributed by atoms with Gasteiger partial charge < -0.3 is 14.9 Å². The van der Waals surface area contributed by atoms with E-state index in [9.17, 15) is 15.0 Å². The molecule has 2 aromatic rings. The summed E-state index contributed by atoms with van der Waals surface area (Å²) in [6.07, 6.45) is 18.4. The van der Waals surface area contributed by atoms with E-state index in [1.807, 2.05) is 0 Å². The molecule has 180 valence electrons. The van der Waals surface area contributed by atoms with Crippen LogP contribution in [0.2, 0.25) is 0 Å². The molecule has 4 heteroatoms. The molecule has 0 heterocycles. The second-order valence-corrected chi connectivity index (χ2v) is 8.68. The molecule has 0 fully saturated rings. The van der Waals surface area contributed by atoms with Crippen LogP contribution < -0.4 is 4.74 Å². The molecule has 0 bridgehead atoms. The van der Waals surface area contributed by atoms with E-state index in [1.54, 1.807) is 42.5 Å². The van der Waals surface area contributed by atoms with E-state index < -0.39 is 0 Å². The lowest BCUT2D eigenvalue weighted by Gasteiger charge is -2.11. The Morgan fingerprint density at radius 3 is 1.97 bits per heavy atom. The van der Waals surface area contributed by atoms with Crippen LogP contribution in [-0.4, -0.2) is 22.6 Å². The van der Waals surface area contributed by atoms with E-state index in [2.05, 4.69) is 6.92 Å². The predicted molar refractivity (Wildman–Crippen MR) is 136 cm³/mol. The van der Waals surface area contributed by atoms with Crippen LogP contribution in [0.5, 0.6) is 17.2 Å². The lowest BCUT2D eigenvalue weighted by molar-refractivity contribution is 0.104. The average molecular weight is 453 g/mol. The Morgan fingerprint density at radius 2 is 1.36 bits per heavy atom. The van der Waals surface area contributed by atoms with Crippen LogP contribution in [0.1, 0.15) is 99.9 Å². The van der Waals surface area contributed by atoms with Crippen molar-refractivity contribution in [1.29, 1.82) is 0 Å². The van der Waals surface area contributed by atoms with Gasteiger partial charge in [-0.1, -0.05) is 102 Å². The van der Waals surface area contributed by atoms with E-state index in [1.165, 1.54) is 76.4 Å². The summed E-state index contributed by atoms with van der Waals surface area (Å²) in [5, 5.41) is 19.6. The molecule has 2 aromatic carbocycles. The Kier molecular flexibility index (Phi) is 12.8. The summed E-state index contributed by atoms with van der Waals surface area (Å²) in [4.78, 5) is 12.7. The Bertz CT molecular complexity index is 839. The topological polar surface area (TPSA) is 66.8 Å². The molecule has 33 heavy (non-hydrogen) atoms. The monoisotopic (exact) mass is 452 g/mol. The third kappa shape index (κ3) is 10.6. The standard InChI is InChI=1S/C29H40O4/c1-2-3-4-5-6-7-8-9-10-11-12-13-23-33-28-16-14-15-26(31)29(28)27(32)22-19-24-17-20-25(30)21-18-24/h14-22,30-31H,2-13,23H2,1H3. The fourth-order valence-corrected chi connectivity index (χ4v) is 3.85. The molecule has 0 spiro atoms. The Hall–Kier alpha value is -2.75. The molecule has 0 amide bonds.